The van der Waals surface area contributed by atoms with Gasteiger partial charge in [-0.25, -0.2) is 4.98 Å². The monoisotopic (exact) mass is 242 g/mol. The molecular weight excluding hydrogens is 228 g/mol. The highest BCUT2D eigenvalue weighted by atomic mass is 32.1. The molecule has 0 bridgehead atoms. The SMILES string of the molecule is CCOC(=O)CCNC(=O)c1csc(C)n1. The van der Waals surface area contributed by atoms with Crippen LogP contribution in [0.3, 0.4) is 0 Å². The van der Waals surface area contributed by atoms with Gasteiger partial charge in [0.05, 0.1) is 18.0 Å². The third kappa shape index (κ3) is 3.98. The Labute approximate surface area is 97.8 Å². The number of hydrogen-bond acceptors (Lipinski definition) is 5. The van der Waals surface area contributed by atoms with E-state index in [9.17, 15) is 9.59 Å². The van der Waals surface area contributed by atoms with Gasteiger partial charge in [-0.05, 0) is 13.8 Å². The first-order valence-electron chi connectivity index (χ1n) is 4.99. The van der Waals surface area contributed by atoms with Gasteiger partial charge in [-0.2, -0.15) is 0 Å². The lowest BCUT2D eigenvalue weighted by Gasteiger charge is -2.02. The molecule has 0 radical (unpaired) electrons. The third-order valence-electron chi connectivity index (χ3n) is 1.77. The molecule has 0 unspecified atom stereocenters. The van der Waals surface area contributed by atoms with Crippen molar-refractivity contribution in [2.24, 2.45) is 0 Å². The number of carbonyl (C=O) groups is 2. The Morgan fingerprint density at radius 1 is 1.56 bits per heavy atom. The van der Waals surface area contributed by atoms with Crippen molar-refractivity contribution in [3.63, 3.8) is 0 Å². The Kier molecular flexibility index (Phi) is 4.91. The highest BCUT2D eigenvalue weighted by Crippen LogP contribution is 2.07. The zero-order valence-electron chi connectivity index (χ0n) is 9.28. The number of esters is 1. The summed E-state index contributed by atoms with van der Waals surface area (Å²) in [6.07, 6.45) is 0.183. The zero-order chi connectivity index (χ0) is 12.0. The fraction of sp³-hybridized carbons (Fsp3) is 0.500. The van der Waals surface area contributed by atoms with Crippen LogP contribution in [0.5, 0.6) is 0 Å². The lowest BCUT2D eigenvalue weighted by atomic mass is 10.4. The van der Waals surface area contributed by atoms with Gasteiger partial charge in [-0.15, -0.1) is 11.3 Å². The molecule has 0 atom stereocenters. The van der Waals surface area contributed by atoms with E-state index in [0.29, 0.717) is 12.3 Å². The van der Waals surface area contributed by atoms with Gasteiger partial charge in [0.15, 0.2) is 0 Å². The van der Waals surface area contributed by atoms with Crippen molar-refractivity contribution < 1.29 is 14.3 Å². The van der Waals surface area contributed by atoms with Gasteiger partial charge in [0.25, 0.3) is 5.91 Å². The van der Waals surface area contributed by atoms with Crippen LogP contribution in [0.15, 0.2) is 5.38 Å². The highest BCUT2D eigenvalue weighted by molar-refractivity contribution is 7.09. The van der Waals surface area contributed by atoms with Crippen molar-refractivity contribution in [1.82, 2.24) is 10.3 Å². The minimum atomic E-state index is -0.308. The summed E-state index contributed by atoms with van der Waals surface area (Å²) in [6.45, 7) is 4.21. The standard InChI is InChI=1S/C10H14N2O3S/c1-3-15-9(13)4-5-11-10(14)8-6-16-7(2)12-8/h6H,3-5H2,1-2H3,(H,11,14). The van der Waals surface area contributed by atoms with Gasteiger partial charge >= 0.3 is 5.97 Å². The molecule has 1 rings (SSSR count). The van der Waals surface area contributed by atoms with Crippen LogP contribution in [0.1, 0.15) is 28.8 Å². The van der Waals surface area contributed by atoms with Crippen LogP contribution >= 0.6 is 11.3 Å². The zero-order valence-corrected chi connectivity index (χ0v) is 10.1. The largest absolute Gasteiger partial charge is 0.466 e. The summed E-state index contributed by atoms with van der Waals surface area (Å²) >= 11 is 1.42. The molecule has 88 valence electrons. The molecule has 5 nitrogen and oxygen atoms in total. The molecule has 0 aliphatic rings. The average Bonchev–Trinajstić information content (AvgIpc) is 2.65. The predicted octanol–water partition coefficient (Wildman–Crippen LogP) is 1.13. The summed E-state index contributed by atoms with van der Waals surface area (Å²) < 4.78 is 4.73. The van der Waals surface area contributed by atoms with Crippen molar-refractivity contribution in [2.75, 3.05) is 13.2 Å². The van der Waals surface area contributed by atoms with E-state index >= 15 is 0 Å². The van der Waals surface area contributed by atoms with Crippen LogP contribution in [0, 0.1) is 6.92 Å². The Bertz CT molecular complexity index is 376. The molecule has 0 aliphatic carbocycles. The van der Waals surface area contributed by atoms with Crippen LogP contribution in [0.25, 0.3) is 0 Å². The Morgan fingerprint density at radius 2 is 2.31 bits per heavy atom. The first-order valence-corrected chi connectivity index (χ1v) is 5.87. The smallest absolute Gasteiger partial charge is 0.307 e. The maximum Gasteiger partial charge on any atom is 0.307 e. The second-order valence-electron chi connectivity index (χ2n) is 3.06. The first-order chi connectivity index (χ1) is 7.63. The van der Waals surface area contributed by atoms with E-state index in [0.717, 1.165) is 5.01 Å². The molecule has 1 N–H and O–H groups in total. The van der Waals surface area contributed by atoms with E-state index in [1.807, 2.05) is 6.92 Å². The fourth-order valence-electron chi connectivity index (χ4n) is 1.07. The second-order valence-corrected chi connectivity index (χ2v) is 4.12. The Hall–Kier alpha value is -1.43. The average molecular weight is 242 g/mol. The molecule has 0 fully saturated rings. The van der Waals surface area contributed by atoms with Gasteiger partial charge in [0.1, 0.15) is 5.69 Å². The minimum absolute atomic E-state index is 0.183. The molecule has 1 aromatic heterocycles. The second kappa shape index (κ2) is 6.22. The topological polar surface area (TPSA) is 68.3 Å². The number of hydrogen-bond donors (Lipinski definition) is 1. The number of amides is 1. The summed E-state index contributed by atoms with van der Waals surface area (Å²) in [5.41, 5.74) is 0.395. The normalized spacial score (nSPS) is 9.88. The quantitative estimate of drug-likeness (QED) is 0.786. The van der Waals surface area contributed by atoms with Crippen molar-refractivity contribution in [1.29, 1.82) is 0 Å². The van der Waals surface area contributed by atoms with Gasteiger partial charge < -0.3 is 10.1 Å². The van der Waals surface area contributed by atoms with Crippen molar-refractivity contribution >= 4 is 23.2 Å². The summed E-state index contributed by atoms with van der Waals surface area (Å²) in [7, 11) is 0. The van der Waals surface area contributed by atoms with Gasteiger partial charge in [0, 0.05) is 11.9 Å². The lowest BCUT2D eigenvalue weighted by Crippen LogP contribution is -2.26. The van der Waals surface area contributed by atoms with Crippen LogP contribution in [-0.2, 0) is 9.53 Å². The van der Waals surface area contributed by atoms with Crippen LogP contribution in [0.4, 0.5) is 0 Å². The molecule has 0 spiro atoms. The molecule has 1 aromatic rings. The van der Waals surface area contributed by atoms with Crippen molar-refractivity contribution in [3.05, 3.63) is 16.1 Å². The molecule has 16 heavy (non-hydrogen) atoms. The number of nitrogens with one attached hydrogen (secondary N) is 1. The Morgan fingerprint density at radius 3 is 2.88 bits per heavy atom. The van der Waals surface area contributed by atoms with Crippen LogP contribution < -0.4 is 5.32 Å². The number of rotatable bonds is 5. The molecule has 0 saturated carbocycles. The van der Waals surface area contributed by atoms with Crippen molar-refractivity contribution in [2.45, 2.75) is 20.3 Å². The highest BCUT2D eigenvalue weighted by Gasteiger charge is 2.09. The van der Waals surface area contributed by atoms with E-state index < -0.39 is 0 Å². The number of thiazole rings is 1. The van der Waals surface area contributed by atoms with Crippen molar-refractivity contribution in [3.8, 4) is 0 Å². The van der Waals surface area contributed by atoms with E-state index in [4.69, 9.17) is 4.74 Å². The van der Waals surface area contributed by atoms with Gasteiger partial charge in [-0.1, -0.05) is 0 Å². The first kappa shape index (κ1) is 12.6. The lowest BCUT2D eigenvalue weighted by molar-refractivity contribution is -0.142. The number of aromatic nitrogens is 1. The molecular formula is C10H14N2O3S. The summed E-state index contributed by atoms with van der Waals surface area (Å²) in [5, 5.41) is 5.14. The minimum Gasteiger partial charge on any atom is -0.466 e. The molecule has 6 heteroatoms. The summed E-state index contributed by atoms with van der Waals surface area (Å²) in [4.78, 5) is 26.5. The maximum atomic E-state index is 11.5. The molecule has 0 saturated heterocycles. The van der Waals surface area contributed by atoms with E-state index in [-0.39, 0.29) is 24.8 Å². The maximum absolute atomic E-state index is 11.5. The number of carbonyl (C=O) groups excluding carboxylic acids is 2. The van der Waals surface area contributed by atoms with E-state index in [1.165, 1.54) is 11.3 Å². The molecule has 1 heterocycles. The summed E-state index contributed by atoms with van der Waals surface area (Å²) in [6, 6.07) is 0. The van der Waals surface area contributed by atoms with E-state index in [1.54, 1.807) is 12.3 Å². The third-order valence-corrected chi connectivity index (χ3v) is 2.55. The number of nitrogens with zero attached hydrogens (tertiary/aromatic N) is 1. The predicted molar refractivity (Wildman–Crippen MR) is 60.4 cm³/mol. The van der Waals surface area contributed by atoms with E-state index in [2.05, 4.69) is 10.3 Å². The molecule has 1 amide bonds. The molecule has 0 aromatic carbocycles. The number of ether oxygens (including phenoxy) is 1. The molecule has 0 aliphatic heterocycles. The van der Waals surface area contributed by atoms with Gasteiger partial charge in [-0.3, -0.25) is 9.59 Å². The fourth-order valence-corrected chi connectivity index (χ4v) is 1.66. The number of aryl methyl sites for hydroxylation is 1. The van der Waals surface area contributed by atoms with Crippen LogP contribution in [0.2, 0.25) is 0 Å². The summed E-state index contributed by atoms with van der Waals surface area (Å²) in [5.74, 6) is -0.564. The van der Waals surface area contributed by atoms with Crippen LogP contribution in [-0.4, -0.2) is 30.0 Å². The van der Waals surface area contributed by atoms with Gasteiger partial charge in [0.2, 0.25) is 0 Å². The Balaban J connectivity index is 2.28.